The molecule has 2 saturated heterocycles. The van der Waals surface area contributed by atoms with Crippen LogP contribution >= 0.6 is 0 Å². The zero-order valence-corrected chi connectivity index (χ0v) is 19.9. The molecule has 0 radical (unpaired) electrons. The fourth-order valence-electron chi connectivity index (χ4n) is 6.44. The highest BCUT2D eigenvalue weighted by Gasteiger charge is 2.66. The minimum atomic E-state index is -0.680. The van der Waals surface area contributed by atoms with Crippen molar-refractivity contribution in [3.63, 3.8) is 0 Å². The van der Waals surface area contributed by atoms with E-state index in [0.717, 1.165) is 23.9 Å². The molecule has 2 bridgehead atoms. The number of nitrogens with one attached hydrogen (secondary N) is 3. The van der Waals surface area contributed by atoms with Gasteiger partial charge in [-0.2, -0.15) is 0 Å². The summed E-state index contributed by atoms with van der Waals surface area (Å²) >= 11 is 0. The number of likely N-dealkylation sites (tertiary alicyclic amines) is 1. The lowest BCUT2D eigenvalue weighted by molar-refractivity contribution is -0.137. The molecule has 0 aliphatic carbocycles. The molecule has 4 aromatic rings. The van der Waals surface area contributed by atoms with Crippen molar-refractivity contribution in [2.24, 2.45) is 11.8 Å². The van der Waals surface area contributed by atoms with Gasteiger partial charge in [0.25, 0.3) is 0 Å². The fraction of sp³-hybridized carbons (Fsp3) is 0.310. The number of ether oxygens (including phenoxy) is 1. The van der Waals surface area contributed by atoms with Gasteiger partial charge in [-0.15, -0.1) is 0 Å². The molecular weight excluding hydrogens is 452 g/mol. The monoisotopic (exact) mass is 480 g/mol. The van der Waals surface area contributed by atoms with E-state index in [4.69, 9.17) is 4.74 Å². The Kier molecular flexibility index (Phi) is 4.82. The third-order valence-corrected chi connectivity index (χ3v) is 8.18. The quantitative estimate of drug-likeness (QED) is 0.355. The van der Waals surface area contributed by atoms with Gasteiger partial charge < -0.3 is 24.9 Å². The molecule has 2 aromatic heterocycles. The average molecular weight is 481 g/mol. The smallest absolute Gasteiger partial charge is 0.230 e. The van der Waals surface area contributed by atoms with E-state index >= 15 is 0 Å². The largest absolute Gasteiger partial charge is 0.361 e. The Balaban J connectivity index is 1.03. The number of benzene rings is 2. The summed E-state index contributed by atoms with van der Waals surface area (Å²) < 4.78 is 6.29. The summed E-state index contributed by atoms with van der Waals surface area (Å²) in [4.78, 5) is 35.3. The minimum Gasteiger partial charge on any atom is -0.361 e. The lowest BCUT2D eigenvalue weighted by Crippen LogP contribution is -2.44. The van der Waals surface area contributed by atoms with Crippen LogP contribution in [0.4, 0.5) is 0 Å². The molecule has 3 aliphatic rings. The van der Waals surface area contributed by atoms with Gasteiger partial charge in [-0.25, -0.2) is 0 Å². The van der Waals surface area contributed by atoms with Crippen molar-refractivity contribution < 1.29 is 14.3 Å². The number of amides is 2. The van der Waals surface area contributed by atoms with E-state index in [-0.39, 0.29) is 17.9 Å². The highest BCUT2D eigenvalue weighted by molar-refractivity contribution is 5.93. The highest BCUT2D eigenvalue weighted by atomic mass is 16.5. The van der Waals surface area contributed by atoms with Gasteiger partial charge in [0.1, 0.15) is 5.60 Å². The third kappa shape index (κ3) is 3.23. The molecule has 7 rings (SSSR count). The number of hydrogen-bond acceptors (Lipinski definition) is 3. The van der Waals surface area contributed by atoms with Crippen LogP contribution in [0.25, 0.3) is 21.8 Å². The minimum absolute atomic E-state index is 0.0264. The maximum atomic E-state index is 13.5. The van der Waals surface area contributed by atoms with Gasteiger partial charge in [-0.1, -0.05) is 48.6 Å². The Labute approximate surface area is 208 Å². The number of aromatic amines is 2. The Morgan fingerprint density at radius 1 is 1.00 bits per heavy atom. The lowest BCUT2D eigenvalue weighted by Gasteiger charge is -2.23. The SMILES string of the molecule is O=C(NCCc1c[nH]c2ccccc12)C1C2C(=O)N(CCc3c[nH]c4ccccc34)C[C@]23C=C[C@H]1O3. The van der Waals surface area contributed by atoms with E-state index in [1.807, 2.05) is 59.8 Å². The van der Waals surface area contributed by atoms with Gasteiger partial charge in [0, 0.05) is 47.3 Å². The number of para-hydroxylation sites is 2. The van der Waals surface area contributed by atoms with Gasteiger partial charge in [0.05, 0.1) is 24.5 Å². The molecular formula is C29H28N4O3. The second-order valence-electron chi connectivity index (χ2n) is 10.2. The van der Waals surface area contributed by atoms with E-state index < -0.39 is 17.4 Å². The summed E-state index contributed by atoms with van der Waals surface area (Å²) in [7, 11) is 0. The molecule has 4 atom stereocenters. The van der Waals surface area contributed by atoms with Gasteiger partial charge in [-0.05, 0) is 36.1 Å². The molecule has 3 N–H and O–H groups in total. The maximum Gasteiger partial charge on any atom is 0.230 e. The number of rotatable bonds is 7. The molecule has 2 amide bonds. The number of H-pyrrole nitrogens is 2. The first-order valence-electron chi connectivity index (χ1n) is 12.7. The van der Waals surface area contributed by atoms with Crippen LogP contribution in [0, 0.1) is 11.8 Å². The second-order valence-corrected chi connectivity index (χ2v) is 10.2. The number of fused-ring (bicyclic) bond motifs is 3. The van der Waals surface area contributed by atoms with Crippen LogP contribution in [-0.4, -0.2) is 58.0 Å². The molecule has 2 unspecified atom stereocenters. The van der Waals surface area contributed by atoms with E-state index in [9.17, 15) is 9.59 Å². The van der Waals surface area contributed by atoms with Crippen LogP contribution in [0.3, 0.4) is 0 Å². The van der Waals surface area contributed by atoms with Crippen molar-refractivity contribution in [2.75, 3.05) is 19.6 Å². The zero-order valence-electron chi connectivity index (χ0n) is 19.9. The van der Waals surface area contributed by atoms with E-state index in [0.29, 0.717) is 19.6 Å². The fourth-order valence-corrected chi connectivity index (χ4v) is 6.44. The Bertz CT molecular complexity index is 1520. The molecule has 2 fully saturated rings. The van der Waals surface area contributed by atoms with Crippen molar-refractivity contribution in [1.29, 1.82) is 0 Å². The first-order chi connectivity index (χ1) is 17.6. The van der Waals surface area contributed by atoms with Gasteiger partial charge in [0.2, 0.25) is 11.8 Å². The Morgan fingerprint density at radius 2 is 1.67 bits per heavy atom. The average Bonchev–Trinajstić information content (AvgIpc) is 3.70. The lowest BCUT2D eigenvalue weighted by atomic mass is 9.77. The molecule has 5 heterocycles. The molecule has 7 heteroatoms. The number of nitrogens with zero attached hydrogens (tertiary/aromatic N) is 1. The maximum absolute atomic E-state index is 13.5. The van der Waals surface area contributed by atoms with Gasteiger partial charge >= 0.3 is 0 Å². The molecule has 2 aromatic carbocycles. The molecule has 3 aliphatic heterocycles. The summed E-state index contributed by atoms with van der Waals surface area (Å²) in [6, 6.07) is 16.4. The van der Waals surface area contributed by atoms with Crippen LogP contribution in [0.5, 0.6) is 0 Å². The summed E-state index contributed by atoms with van der Waals surface area (Å²) in [6.07, 6.45) is 9.16. The summed E-state index contributed by atoms with van der Waals surface area (Å²) in [5.74, 6) is -1.01. The van der Waals surface area contributed by atoms with Crippen LogP contribution in [-0.2, 0) is 27.2 Å². The first kappa shape index (κ1) is 21.4. The summed E-state index contributed by atoms with van der Waals surface area (Å²) in [5, 5.41) is 5.45. The van der Waals surface area contributed by atoms with Crippen molar-refractivity contribution in [3.8, 4) is 0 Å². The van der Waals surface area contributed by atoms with E-state index in [1.54, 1.807) is 0 Å². The molecule has 0 saturated carbocycles. The predicted octanol–water partition coefficient (Wildman–Crippen LogP) is 3.33. The van der Waals surface area contributed by atoms with Crippen LogP contribution in [0.2, 0.25) is 0 Å². The first-order valence-corrected chi connectivity index (χ1v) is 12.7. The van der Waals surface area contributed by atoms with Crippen LogP contribution in [0.15, 0.2) is 73.1 Å². The van der Waals surface area contributed by atoms with Crippen LogP contribution < -0.4 is 5.32 Å². The van der Waals surface area contributed by atoms with Crippen molar-refractivity contribution in [1.82, 2.24) is 20.2 Å². The molecule has 1 spiro atoms. The predicted molar refractivity (Wildman–Crippen MR) is 137 cm³/mol. The topological polar surface area (TPSA) is 90.2 Å². The number of hydrogen-bond donors (Lipinski definition) is 3. The number of carbonyl (C=O) groups excluding carboxylic acids is 2. The standard InChI is InChI=1S/C29H28N4O3/c34-27(30-13-10-18-15-31-22-7-3-1-5-20(18)22)25-24-9-12-29(36-24)17-33(28(35)26(25)29)14-11-19-16-32-23-8-4-2-6-21(19)23/h1-9,12,15-16,24-26,31-32H,10-11,13-14,17H2,(H,30,34)/t24-,25?,26?,29-/m1/s1. The molecule has 7 nitrogen and oxygen atoms in total. The number of aromatic nitrogens is 2. The van der Waals surface area contributed by atoms with Crippen LogP contribution in [0.1, 0.15) is 11.1 Å². The van der Waals surface area contributed by atoms with Crippen molar-refractivity contribution >= 4 is 33.6 Å². The highest BCUT2D eigenvalue weighted by Crippen LogP contribution is 2.51. The molecule has 182 valence electrons. The Morgan fingerprint density at radius 3 is 2.39 bits per heavy atom. The van der Waals surface area contributed by atoms with Gasteiger partial charge in [0.15, 0.2) is 0 Å². The molecule has 36 heavy (non-hydrogen) atoms. The van der Waals surface area contributed by atoms with Crippen molar-refractivity contribution in [3.05, 3.63) is 84.2 Å². The zero-order chi connectivity index (χ0) is 24.3. The van der Waals surface area contributed by atoms with E-state index in [2.05, 4.69) is 33.5 Å². The Hall–Kier alpha value is -3.84. The van der Waals surface area contributed by atoms with Gasteiger partial charge in [-0.3, -0.25) is 9.59 Å². The summed E-state index contributed by atoms with van der Waals surface area (Å²) in [5.41, 5.74) is 3.88. The summed E-state index contributed by atoms with van der Waals surface area (Å²) in [6.45, 7) is 1.63. The number of carbonyl (C=O) groups is 2. The van der Waals surface area contributed by atoms with E-state index in [1.165, 1.54) is 21.9 Å². The third-order valence-electron chi connectivity index (χ3n) is 8.18. The normalized spacial score (nSPS) is 26.4. The second kappa shape index (κ2) is 8.10. The van der Waals surface area contributed by atoms with Crippen molar-refractivity contribution in [2.45, 2.75) is 24.5 Å².